The smallest absolute Gasteiger partial charge is 0.407 e. The first-order chi connectivity index (χ1) is 10.7. The second-order valence-corrected chi connectivity index (χ2v) is 6.23. The van der Waals surface area contributed by atoms with Gasteiger partial charge in [-0.15, -0.1) is 0 Å². The van der Waals surface area contributed by atoms with Crippen LogP contribution in [0.2, 0.25) is 0 Å². The lowest BCUT2D eigenvalue weighted by Gasteiger charge is -2.19. The molecule has 0 saturated carbocycles. The molecule has 0 bridgehead atoms. The minimum Gasteiger partial charge on any atom is -0.465 e. The van der Waals surface area contributed by atoms with Crippen molar-refractivity contribution in [2.24, 2.45) is 0 Å². The lowest BCUT2D eigenvalue weighted by atomic mass is 10.1. The predicted molar refractivity (Wildman–Crippen MR) is 89.9 cm³/mol. The Balaban J connectivity index is 2.39. The van der Waals surface area contributed by atoms with Crippen LogP contribution in [0, 0.1) is 6.92 Å². The number of nitrogens with one attached hydrogen (secondary N) is 2. The molecule has 0 fully saturated rings. The fourth-order valence-corrected chi connectivity index (χ4v) is 1.87. The minimum atomic E-state index is -0.492. The predicted octanol–water partition coefficient (Wildman–Crippen LogP) is 3.11. The second-order valence-electron chi connectivity index (χ2n) is 6.23. The topological polar surface area (TPSA) is 76.7 Å². The van der Waals surface area contributed by atoms with Gasteiger partial charge in [-0.1, -0.05) is 6.07 Å². The summed E-state index contributed by atoms with van der Waals surface area (Å²) >= 11 is 0. The van der Waals surface area contributed by atoms with Crippen molar-refractivity contribution in [1.82, 2.24) is 5.32 Å². The second kappa shape index (κ2) is 8.41. The number of rotatable bonds is 6. The first-order valence-electron chi connectivity index (χ1n) is 7.62. The monoisotopic (exact) mass is 322 g/mol. The highest BCUT2D eigenvalue weighted by molar-refractivity contribution is 5.90. The highest BCUT2D eigenvalue weighted by Gasteiger charge is 2.15. The summed E-state index contributed by atoms with van der Waals surface area (Å²) in [5, 5.41) is 5.96. The zero-order valence-electron chi connectivity index (χ0n) is 14.5. The minimum absolute atomic E-state index is 0.361. The van der Waals surface area contributed by atoms with Gasteiger partial charge in [-0.25, -0.2) is 9.59 Å². The van der Waals surface area contributed by atoms with E-state index in [4.69, 9.17) is 9.47 Å². The molecule has 0 heterocycles. The van der Waals surface area contributed by atoms with Gasteiger partial charge in [0.2, 0.25) is 0 Å². The van der Waals surface area contributed by atoms with Crippen molar-refractivity contribution in [1.29, 1.82) is 0 Å². The van der Waals surface area contributed by atoms with Gasteiger partial charge in [0.1, 0.15) is 5.60 Å². The number of hydrogen-bond donors (Lipinski definition) is 2. The van der Waals surface area contributed by atoms with Crippen molar-refractivity contribution < 1.29 is 19.1 Å². The van der Waals surface area contributed by atoms with E-state index in [2.05, 4.69) is 10.6 Å². The molecule has 0 aromatic heterocycles. The van der Waals surface area contributed by atoms with Gasteiger partial charge in [-0.2, -0.15) is 0 Å². The van der Waals surface area contributed by atoms with Gasteiger partial charge in [0.25, 0.3) is 0 Å². The van der Waals surface area contributed by atoms with Crippen molar-refractivity contribution in [3.05, 3.63) is 29.3 Å². The quantitative estimate of drug-likeness (QED) is 0.621. The van der Waals surface area contributed by atoms with Crippen molar-refractivity contribution >= 4 is 17.7 Å². The lowest BCUT2D eigenvalue weighted by molar-refractivity contribution is 0.0526. The van der Waals surface area contributed by atoms with E-state index >= 15 is 0 Å². The van der Waals surface area contributed by atoms with Gasteiger partial charge < -0.3 is 20.1 Å². The van der Waals surface area contributed by atoms with E-state index < -0.39 is 11.7 Å². The Labute approximate surface area is 137 Å². The number of carbonyl (C=O) groups excluding carboxylic acids is 2. The van der Waals surface area contributed by atoms with Crippen molar-refractivity contribution in [3.8, 4) is 0 Å². The first-order valence-corrected chi connectivity index (χ1v) is 7.62. The Bertz CT molecular complexity index is 550. The summed E-state index contributed by atoms with van der Waals surface area (Å²) in [6.45, 7) is 8.61. The normalized spacial score (nSPS) is 10.8. The number of anilines is 1. The molecule has 1 amide bonds. The summed E-state index contributed by atoms with van der Waals surface area (Å²) in [6.07, 6.45) is 0.322. The molecule has 0 aliphatic carbocycles. The molecular weight excluding hydrogens is 296 g/mol. The standard InChI is InChI=1S/C17H26N2O4/c1-12-7-8-13(15(20)22-5)11-14(12)18-9-6-10-19-16(21)23-17(2,3)4/h7-8,11,18H,6,9-10H2,1-5H3,(H,19,21). The van der Waals surface area contributed by atoms with E-state index in [1.54, 1.807) is 12.1 Å². The van der Waals surface area contributed by atoms with Crippen LogP contribution < -0.4 is 10.6 Å². The number of carbonyl (C=O) groups is 2. The zero-order chi connectivity index (χ0) is 17.5. The molecule has 1 rings (SSSR count). The third kappa shape index (κ3) is 7.04. The average Bonchev–Trinajstić information content (AvgIpc) is 2.46. The fourth-order valence-electron chi connectivity index (χ4n) is 1.87. The van der Waals surface area contributed by atoms with E-state index in [1.807, 2.05) is 33.8 Å². The summed E-state index contributed by atoms with van der Waals surface area (Å²) in [4.78, 5) is 23.0. The number of hydrogen-bond acceptors (Lipinski definition) is 5. The fraction of sp³-hybridized carbons (Fsp3) is 0.529. The molecule has 0 unspecified atom stereocenters. The molecule has 0 aliphatic heterocycles. The maximum absolute atomic E-state index is 11.5. The van der Waals surface area contributed by atoms with Crippen LogP contribution in [0.4, 0.5) is 10.5 Å². The van der Waals surface area contributed by atoms with E-state index in [-0.39, 0.29) is 5.97 Å². The maximum atomic E-state index is 11.5. The van der Waals surface area contributed by atoms with Gasteiger partial charge in [0, 0.05) is 18.8 Å². The number of methoxy groups -OCH3 is 1. The van der Waals surface area contributed by atoms with Crippen LogP contribution in [0.3, 0.4) is 0 Å². The number of esters is 1. The highest BCUT2D eigenvalue weighted by atomic mass is 16.6. The molecule has 0 aliphatic rings. The molecule has 1 aromatic carbocycles. The lowest BCUT2D eigenvalue weighted by Crippen LogP contribution is -2.33. The molecule has 6 heteroatoms. The van der Waals surface area contributed by atoms with Gasteiger partial charge in [0.15, 0.2) is 0 Å². The third-order valence-corrected chi connectivity index (χ3v) is 3.00. The Morgan fingerprint density at radius 3 is 2.48 bits per heavy atom. The largest absolute Gasteiger partial charge is 0.465 e. The van der Waals surface area contributed by atoms with E-state index in [0.717, 1.165) is 17.7 Å². The Hall–Kier alpha value is -2.24. The third-order valence-electron chi connectivity index (χ3n) is 3.00. The molecule has 0 saturated heterocycles. The van der Waals surface area contributed by atoms with Crippen LogP contribution in [-0.4, -0.2) is 37.9 Å². The van der Waals surface area contributed by atoms with Crippen molar-refractivity contribution in [2.45, 2.75) is 39.7 Å². The summed E-state index contributed by atoms with van der Waals surface area (Å²) < 4.78 is 9.87. The van der Waals surface area contributed by atoms with Crippen molar-refractivity contribution in [2.75, 3.05) is 25.5 Å². The molecule has 0 spiro atoms. The molecular formula is C17H26N2O4. The van der Waals surface area contributed by atoms with Crippen LogP contribution in [0.25, 0.3) is 0 Å². The van der Waals surface area contributed by atoms with Crippen LogP contribution in [0.15, 0.2) is 18.2 Å². The molecule has 1 aromatic rings. The number of amides is 1. The van der Waals surface area contributed by atoms with Gasteiger partial charge in [0.05, 0.1) is 12.7 Å². The Morgan fingerprint density at radius 2 is 1.87 bits per heavy atom. The molecule has 2 N–H and O–H groups in total. The van der Waals surface area contributed by atoms with Crippen LogP contribution in [0.5, 0.6) is 0 Å². The molecule has 23 heavy (non-hydrogen) atoms. The highest BCUT2D eigenvalue weighted by Crippen LogP contribution is 2.17. The van der Waals surface area contributed by atoms with E-state index in [9.17, 15) is 9.59 Å². The zero-order valence-corrected chi connectivity index (χ0v) is 14.5. The van der Waals surface area contributed by atoms with E-state index in [0.29, 0.717) is 18.7 Å². The number of benzene rings is 1. The van der Waals surface area contributed by atoms with Crippen LogP contribution in [0.1, 0.15) is 43.1 Å². The summed E-state index contributed by atoms with van der Waals surface area (Å²) in [5.41, 5.74) is 1.93. The molecule has 0 atom stereocenters. The number of aryl methyl sites for hydroxylation is 1. The van der Waals surface area contributed by atoms with Crippen molar-refractivity contribution in [3.63, 3.8) is 0 Å². The number of ether oxygens (including phenoxy) is 2. The summed E-state index contributed by atoms with van der Waals surface area (Å²) in [7, 11) is 1.36. The van der Waals surface area contributed by atoms with Gasteiger partial charge in [-0.3, -0.25) is 0 Å². The summed E-state index contributed by atoms with van der Waals surface area (Å²) in [5.74, 6) is -0.361. The maximum Gasteiger partial charge on any atom is 0.407 e. The number of alkyl carbamates (subject to hydrolysis) is 1. The summed E-state index contributed by atoms with van der Waals surface area (Å²) in [6, 6.07) is 5.37. The van der Waals surface area contributed by atoms with Crippen LogP contribution in [-0.2, 0) is 9.47 Å². The SMILES string of the molecule is COC(=O)c1ccc(C)c(NCCCNC(=O)OC(C)(C)C)c1. The average molecular weight is 322 g/mol. The van der Waals surface area contributed by atoms with Gasteiger partial charge in [-0.05, 0) is 51.8 Å². The molecule has 128 valence electrons. The van der Waals surface area contributed by atoms with Crippen LogP contribution >= 0.6 is 0 Å². The Morgan fingerprint density at radius 1 is 1.17 bits per heavy atom. The molecule has 0 radical (unpaired) electrons. The first kappa shape index (κ1) is 18.8. The van der Waals surface area contributed by atoms with E-state index in [1.165, 1.54) is 7.11 Å². The molecule has 6 nitrogen and oxygen atoms in total. The Kier molecular flexibility index (Phi) is 6.88. The van der Waals surface area contributed by atoms with Gasteiger partial charge >= 0.3 is 12.1 Å².